The Morgan fingerprint density at radius 2 is 2.08 bits per heavy atom. The van der Waals surface area contributed by atoms with Gasteiger partial charge in [-0.3, -0.25) is 4.79 Å². The van der Waals surface area contributed by atoms with Gasteiger partial charge in [-0.05, 0) is 24.8 Å². The van der Waals surface area contributed by atoms with E-state index in [9.17, 15) is 4.79 Å². The van der Waals surface area contributed by atoms with Crippen molar-refractivity contribution in [2.24, 2.45) is 22.0 Å². The fourth-order valence-electron chi connectivity index (χ4n) is 2.94. The molecule has 1 aromatic heterocycles. The smallest absolute Gasteiger partial charge is 0.271 e. The van der Waals surface area contributed by atoms with Crippen LogP contribution in [0.1, 0.15) is 35.3 Å². The number of benzene rings is 1. The predicted octanol–water partition coefficient (Wildman–Crippen LogP) is 3.28. The van der Waals surface area contributed by atoms with Crippen molar-refractivity contribution in [1.82, 2.24) is 0 Å². The van der Waals surface area contributed by atoms with Crippen molar-refractivity contribution >= 4 is 28.7 Å². The molecule has 0 bridgehead atoms. The number of carbonyl (C=O) groups is 1. The topological polar surface area (TPSA) is 86.3 Å². The quantitative estimate of drug-likeness (QED) is 0.571. The molecule has 7 heteroatoms. The summed E-state index contributed by atoms with van der Waals surface area (Å²) in [5.41, 5.74) is 7.79. The highest BCUT2D eigenvalue weighted by Gasteiger charge is 2.41. The Kier molecular flexibility index (Phi) is 5.68. The Balaban J connectivity index is 1.65. The summed E-state index contributed by atoms with van der Waals surface area (Å²) in [6.45, 7) is 2.21. The number of primary amides is 1. The second kappa shape index (κ2) is 8.14. The Morgan fingerprint density at radius 1 is 1.27 bits per heavy atom. The molecule has 6 nitrogen and oxygen atoms in total. The van der Waals surface area contributed by atoms with Crippen LogP contribution < -0.4 is 5.73 Å². The summed E-state index contributed by atoms with van der Waals surface area (Å²) in [5, 5.41) is 10.1. The minimum atomic E-state index is -0.657. The van der Waals surface area contributed by atoms with Gasteiger partial charge in [-0.2, -0.15) is 0 Å². The van der Waals surface area contributed by atoms with Crippen LogP contribution in [0.25, 0.3) is 0 Å². The molecule has 3 rings (SSSR count). The van der Waals surface area contributed by atoms with Crippen LogP contribution in [0.5, 0.6) is 0 Å². The summed E-state index contributed by atoms with van der Waals surface area (Å²) < 4.78 is 0. The van der Waals surface area contributed by atoms with E-state index in [-0.39, 0.29) is 12.3 Å². The number of carbonyl (C=O) groups excluding carboxylic acids is 1. The maximum absolute atomic E-state index is 11.6. The van der Waals surface area contributed by atoms with E-state index < -0.39 is 5.91 Å². The molecule has 1 aliphatic rings. The van der Waals surface area contributed by atoms with Crippen LogP contribution in [0, 0.1) is 5.92 Å². The van der Waals surface area contributed by atoms with E-state index in [4.69, 9.17) is 15.4 Å². The molecule has 0 saturated heterocycles. The third kappa shape index (κ3) is 4.11. The lowest BCUT2D eigenvalue weighted by molar-refractivity contribution is -0.112. The van der Waals surface area contributed by atoms with Gasteiger partial charge in [0.15, 0.2) is 5.71 Å². The fraction of sp³-hybridized carbons (Fsp3) is 0.316. The van der Waals surface area contributed by atoms with E-state index in [2.05, 4.69) is 27.8 Å². The molecule has 26 heavy (non-hydrogen) atoms. The summed E-state index contributed by atoms with van der Waals surface area (Å²) >= 11 is 1.78. The molecule has 136 valence electrons. The lowest BCUT2D eigenvalue weighted by Crippen LogP contribution is -2.25. The van der Waals surface area contributed by atoms with Gasteiger partial charge >= 0.3 is 0 Å². The van der Waals surface area contributed by atoms with Crippen molar-refractivity contribution in [3.8, 4) is 0 Å². The number of thiophene rings is 1. The van der Waals surface area contributed by atoms with Crippen molar-refractivity contribution < 1.29 is 14.5 Å². The highest BCUT2D eigenvalue weighted by Crippen LogP contribution is 2.49. The molecule has 1 fully saturated rings. The lowest BCUT2D eigenvalue weighted by atomic mass is 10.0. The van der Waals surface area contributed by atoms with Crippen LogP contribution in [-0.2, 0) is 21.1 Å². The Bertz CT molecular complexity index is 830. The maximum Gasteiger partial charge on any atom is 0.271 e. The maximum atomic E-state index is 11.6. The van der Waals surface area contributed by atoms with Gasteiger partial charge in [-0.15, -0.1) is 11.3 Å². The first kappa shape index (κ1) is 18.1. The third-order valence-corrected chi connectivity index (χ3v) is 5.36. The van der Waals surface area contributed by atoms with Crippen molar-refractivity contribution in [3.05, 3.63) is 57.8 Å². The zero-order chi connectivity index (χ0) is 18.5. The molecule has 0 spiro atoms. The number of nitrogens with two attached hydrogens (primary N) is 1. The van der Waals surface area contributed by atoms with Gasteiger partial charge < -0.3 is 15.4 Å². The average molecular weight is 371 g/mol. The molecule has 0 radical (unpaired) electrons. The molecule has 0 aliphatic heterocycles. The monoisotopic (exact) mass is 371 g/mol. The number of hydrogen-bond donors (Lipinski definition) is 1. The van der Waals surface area contributed by atoms with Gasteiger partial charge in [0.2, 0.25) is 0 Å². The first-order valence-electron chi connectivity index (χ1n) is 8.31. The van der Waals surface area contributed by atoms with Crippen molar-refractivity contribution in [2.45, 2.75) is 25.9 Å². The molecule has 1 saturated carbocycles. The van der Waals surface area contributed by atoms with Crippen LogP contribution >= 0.6 is 11.3 Å². The summed E-state index contributed by atoms with van der Waals surface area (Å²) in [4.78, 5) is 23.3. The van der Waals surface area contributed by atoms with Gasteiger partial charge in [0.25, 0.3) is 5.91 Å². The largest absolute Gasteiger partial charge is 0.398 e. The molecule has 2 atom stereocenters. The molecular weight excluding hydrogens is 350 g/mol. The Morgan fingerprint density at radius 3 is 2.77 bits per heavy atom. The zero-order valence-electron chi connectivity index (χ0n) is 14.7. The molecule has 1 aromatic carbocycles. The molecule has 2 N–H and O–H groups in total. The van der Waals surface area contributed by atoms with Crippen LogP contribution in [0.4, 0.5) is 0 Å². The number of amides is 1. The molecule has 1 aliphatic carbocycles. The summed E-state index contributed by atoms with van der Waals surface area (Å²) in [7, 11) is 1.37. The first-order chi connectivity index (χ1) is 12.6. The molecule has 2 aromatic rings. The van der Waals surface area contributed by atoms with Crippen LogP contribution in [-0.4, -0.2) is 24.4 Å². The van der Waals surface area contributed by atoms with E-state index >= 15 is 0 Å². The molecule has 1 amide bonds. The minimum absolute atomic E-state index is 0.0624. The van der Waals surface area contributed by atoms with E-state index in [0.717, 1.165) is 17.7 Å². The first-order valence-corrected chi connectivity index (χ1v) is 9.18. The summed E-state index contributed by atoms with van der Waals surface area (Å²) in [6.07, 6.45) is 1.11. The van der Waals surface area contributed by atoms with Crippen molar-refractivity contribution in [2.75, 3.05) is 7.11 Å². The van der Waals surface area contributed by atoms with E-state index in [1.807, 2.05) is 19.1 Å². The zero-order valence-corrected chi connectivity index (χ0v) is 15.5. The SMILES string of the molecule is CO/N=C(\C(N)=O)c1ccccc1CO/N=C(/C)C1CC1c1cccs1. The van der Waals surface area contributed by atoms with E-state index in [0.29, 0.717) is 17.4 Å². The fourth-order valence-corrected chi connectivity index (χ4v) is 3.85. The third-order valence-electron chi connectivity index (χ3n) is 4.35. The summed E-state index contributed by atoms with van der Waals surface area (Å²) in [5.74, 6) is 0.348. The number of rotatable bonds is 8. The highest BCUT2D eigenvalue weighted by atomic mass is 32.1. The van der Waals surface area contributed by atoms with Gasteiger partial charge in [-0.25, -0.2) is 0 Å². The number of hydrogen-bond acceptors (Lipinski definition) is 6. The van der Waals surface area contributed by atoms with E-state index in [1.54, 1.807) is 23.5 Å². The standard InChI is InChI=1S/C19H21N3O3S/c1-12(15-10-16(15)17-8-5-9-26-17)21-25-11-13-6-3-4-7-14(13)18(19(20)23)22-24-2/h3-9,15-16H,10-11H2,1-2H3,(H2,20,23)/b21-12-,22-18-. The van der Waals surface area contributed by atoms with E-state index in [1.165, 1.54) is 12.0 Å². The van der Waals surface area contributed by atoms with Gasteiger partial charge in [0.1, 0.15) is 13.7 Å². The highest BCUT2D eigenvalue weighted by molar-refractivity contribution is 7.10. The van der Waals surface area contributed by atoms with Crippen LogP contribution in [0.3, 0.4) is 0 Å². The van der Waals surface area contributed by atoms with Gasteiger partial charge in [0.05, 0.1) is 5.71 Å². The molecule has 1 heterocycles. The second-order valence-electron chi connectivity index (χ2n) is 6.11. The lowest BCUT2D eigenvalue weighted by Gasteiger charge is -2.09. The van der Waals surface area contributed by atoms with Crippen molar-refractivity contribution in [1.29, 1.82) is 0 Å². The molecule has 2 unspecified atom stereocenters. The molecular formula is C19H21N3O3S. The van der Waals surface area contributed by atoms with Crippen LogP contribution in [0.15, 0.2) is 52.1 Å². The van der Waals surface area contributed by atoms with Gasteiger partial charge in [-0.1, -0.05) is 40.6 Å². The Hall–Kier alpha value is -2.67. The number of oxime groups is 2. The summed E-state index contributed by atoms with van der Waals surface area (Å²) in [6, 6.07) is 11.5. The second-order valence-corrected chi connectivity index (χ2v) is 7.09. The Labute approximate surface area is 156 Å². The predicted molar refractivity (Wildman–Crippen MR) is 102 cm³/mol. The van der Waals surface area contributed by atoms with Crippen molar-refractivity contribution in [3.63, 3.8) is 0 Å². The van der Waals surface area contributed by atoms with Crippen LogP contribution in [0.2, 0.25) is 0 Å². The normalized spacial score (nSPS) is 19.9. The minimum Gasteiger partial charge on any atom is -0.398 e. The number of nitrogens with zero attached hydrogens (tertiary/aromatic N) is 2. The van der Waals surface area contributed by atoms with Gasteiger partial charge in [0, 0.05) is 27.8 Å². The average Bonchev–Trinajstić information content (AvgIpc) is 3.25.